The van der Waals surface area contributed by atoms with Crippen molar-refractivity contribution in [3.05, 3.63) is 11.6 Å². The second-order valence-electron chi connectivity index (χ2n) is 3.25. The molecule has 0 radical (unpaired) electrons. The maximum Gasteiger partial charge on any atom is 0.306 e. The van der Waals surface area contributed by atoms with Gasteiger partial charge < -0.3 is 4.74 Å². The Balaban J connectivity index is 2.31. The van der Waals surface area contributed by atoms with E-state index < -0.39 is 0 Å². The monoisotopic (exact) mass is 168 g/mol. The van der Waals surface area contributed by atoms with Gasteiger partial charge in [0.05, 0.1) is 0 Å². The molecule has 1 atom stereocenters. The summed E-state index contributed by atoms with van der Waals surface area (Å²) in [6.07, 6.45) is 5.66. The highest BCUT2D eigenvalue weighted by Crippen LogP contribution is 2.21. The highest BCUT2D eigenvalue weighted by atomic mass is 16.5. The summed E-state index contributed by atoms with van der Waals surface area (Å²) in [6, 6.07) is 0. The van der Waals surface area contributed by atoms with E-state index in [1.807, 2.05) is 13.8 Å². The quantitative estimate of drug-likeness (QED) is 0.478. The average molecular weight is 168 g/mol. The third-order valence-electron chi connectivity index (χ3n) is 2.13. The zero-order chi connectivity index (χ0) is 8.97. The van der Waals surface area contributed by atoms with Crippen molar-refractivity contribution in [2.45, 2.75) is 45.6 Å². The molecular weight excluding hydrogens is 152 g/mol. The SMILES string of the molecule is CCCC(=O)O[C@@H]1CCC=C1C. The van der Waals surface area contributed by atoms with Crippen LogP contribution in [0.25, 0.3) is 0 Å². The van der Waals surface area contributed by atoms with Crippen molar-refractivity contribution in [1.82, 2.24) is 0 Å². The Morgan fingerprint density at radius 3 is 3.00 bits per heavy atom. The topological polar surface area (TPSA) is 26.3 Å². The molecule has 0 saturated carbocycles. The van der Waals surface area contributed by atoms with E-state index in [1.54, 1.807) is 0 Å². The number of hydrogen-bond acceptors (Lipinski definition) is 2. The van der Waals surface area contributed by atoms with Gasteiger partial charge in [0.25, 0.3) is 0 Å². The number of allylic oxidation sites excluding steroid dienone is 1. The minimum atomic E-state index is -0.0582. The lowest BCUT2D eigenvalue weighted by atomic mass is 10.2. The first-order valence-electron chi connectivity index (χ1n) is 4.60. The predicted molar refractivity (Wildman–Crippen MR) is 47.8 cm³/mol. The van der Waals surface area contributed by atoms with Gasteiger partial charge in [-0.3, -0.25) is 4.79 Å². The molecule has 0 aromatic carbocycles. The van der Waals surface area contributed by atoms with Crippen molar-refractivity contribution >= 4 is 5.97 Å². The standard InChI is InChI=1S/C10H16O2/c1-3-5-10(11)12-9-7-4-6-8(9)2/h6,9H,3-5,7H2,1-2H3/t9-/m1/s1. The number of ether oxygens (including phenoxy) is 1. The van der Waals surface area contributed by atoms with Gasteiger partial charge in [-0.15, -0.1) is 0 Å². The Morgan fingerprint density at radius 2 is 2.50 bits per heavy atom. The first-order valence-corrected chi connectivity index (χ1v) is 4.60. The van der Waals surface area contributed by atoms with Gasteiger partial charge in [-0.05, 0) is 31.8 Å². The second kappa shape index (κ2) is 4.29. The van der Waals surface area contributed by atoms with Gasteiger partial charge in [0.2, 0.25) is 0 Å². The van der Waals surface area contributed by atoms with Crippen LogP contribution >= 0.6 is 0 Å². The van der Waals surface area contributed by atoms with Crippen molar-refractivity contribution in [3.63, 3.8) is 0 Å². The molecule has 0 unspecified atom stereocenters. The first kappa shape index (κ1) is 9.30. The van der Waals surface area contributed by atoms with Crippen molar-refractivity contribution < 1.29 is 9.53 Å². The number of hydrogen-bond donors (Lipinski definition) is 0. The van der Waals surface area contributed by atoms with Crippen molar-refractivity contribution in [2.24, 2.45) is 0 Å². The van der Waals surface area contributed by atoms with Gasteiger partial charge in [-0.2, -0.15) is 0 Å². The maximum atomic E-state index is 11.1. The Kier molecular flexibility index (Phi) is 3.32. The lowest BCUT2D eigenvalue weighted by Gasteiger charge is -2.12. The predicted octanol–water partition coefficient (Wildman–Crippen LogP) is 2.44. The number of carbonyl (C=O) groups excluding carboxylic acids is 1. The number of esters is 1. The van der Waals surface area contributed by atoms with Crippen molar-refractivity contribution in [2.75, 3.05) is 0 Å². The molecule has 0 bridgehead atoms. The summed E-state index contributed by atoms with van der Waals surface area (Å²) in [5, 5.41) is 0. The lowest BCUT2D eigenvalue weighted by molar-refractivity contribution is -0.147. The van der Waals surface area contributed by atoms with E-state index in [9.17, 15) is 4.79 Å². The highest BCUT2D eigenvalue weighted by molar-refractivity contribution is 5.69. The van der Waals surface area contributed by atoms with Gasteiger partial charge in [0, 0.05) is 6.42 Å². The fraction of sp³-hybridized carbons (Fsp3) is 0.700. The minimum absolute atomic E-state index is 0.0582. The lowest BCUT2D eigenvalue weighted by Crippen LogP contribution is -2.16. The van der Waals surface area contributed by atoms with E-state index in [1.165, 1.54) is 5.57 Å². The fourth-order valence-corrected chi connectivity index (χ4v) is 1.40. The summed E-state index contributed by atoms with van der Waals surface area (Å²) in [5.74, 6) is -0.0582. The third-order valence-corrected chi connectivity index (χ3v) is 2.13. The molecule has 2 nitrogen and oxygen atoms in total. The molecule has 0 N–H and O–H groups in total. The van der Waals surface area contributed by atoms with Crippen molar-refractivity contribution in [3.8, 4) is 0 Å². The molecule has 2 heteroatoms. The minimum Gasteiger partial charge on any atom is -0.458 e. The first-order chi connectivity index (χ1) is 5.74. The average Bonchev–Trinajstić information content (AvgIpc) is 2.37. The number of carbonyl (C=O) groups is 1. The van der Waals surface area contributed by atoms with Crippen LogP contribution in [0.5, 0.6) is 0 Å². The smallest absolute Gasteiger partial charge is 0.306 e. The zero-order valence-corrected chi connectivity index (χ0v) is 7.80. The molecule has 1 aliphatic rings. The van der Waals surface area contributed by atoms with E-state index in [0.29, 0.717) is 6.42 Å². The molecule has 0 aliphatic heterocycles. The van der Waals surface area contributed by atoms with Crippen LogP contribution in [0.2, 0.25) is 0 Å². The van der Waals surface area contributed by atoms with Crippen LogP contribution in [0.1, 0.15) is 39.5 Å². The molecule has 0 spiro atoms. The van der Waals surface area contributed by atoms with E-state index in [2.05, 4.69) is 6.08 Å². The van der Waals surface area contributed by atoms with E-state index >= 15 is 0 Å². The Bertz CT molecular complexity index is 194. The van der Waals surface area contributed by atoms with Crippen LogP contribution in [0, 0.1) is 0 Å². The molecule has 1 rings (SSSR count). The summed E-state index contributed by atoms with van der Waals surface area (Å²) in [6.45, 7) is 4.01. The molecule has 1 aliphatic carbocycles. The molecular formula is C10H16O2. The number of rotatable bonds is 3. The van der Waals surface area contributed by atoms with E-state index in [-0.39, 0.29) is 12.1 Å². The third kappa shape index (κ3) is 2.36. The molecule has 12 heavy (non-hydrogen) atoms. The molecule has 0 amide bonds. The molecule has 68 valence electrons. The summed E-state index contributed by atoms with van der Waals surface area (Å²) in [5.41, 5.74) is 1.21. The Morgan fingerprint density at radius 1 is 1.75 bits per heavy atom. The highest BCUT2D eigenvalue weighted by Gasteiger charge is 2.18. The second-order valence-corrected chi connectivity index (χ2v) is 3.25. The summed E-state index contributed by atoms with van der Waals surface area (Å²) in [4.78, 5) is 11.1. The Hall–Kier alpha value is -0.790. The van der Waals surface area contributed by atoms with Crippen molar-refractivity contribution in [1.29, 1.82) is 0 Å². The Labute approximate surface area is 73.6 Å². The van der Waals surface area contributed by atoms with Crippen LogP contribution in [0.15, 0.2) is 11.6 Å². The van der Waals surface area contributed by atoms with Gasteiger partial charge >= 0.3 is 5.97 Å². The fourth-order valence-electron chi connectivity index (χ4n) is 1.40. The zero-order valence-electron chi connectivity index (χ0n) is 7.80. The van der Waals surface area contributed by atoms with Gasteiger partial charge in [0.1, 0.15) is 6.10 Å². The molecule has 0 fully saturated rings. The van der Waals surface area contributed by atoms with Gasteiger partial charge in [-0.25, -0.2) is 0 Å². The summed E-state index contributed by atoms with van der Waals surface area (Å²) in [7, 11) is 0. The van der Waals surface area contributed by atoms with Crippen LogP contribution < -0.4 is 0 Å². The van der Waals surface area contributed by atoms with Crippen LogP contribution in [-0.2, 0) is 9.53 Å². The molecule has 0 aromatic rings. The maximum absolute atomic E-state index is 11.1. The van der Waals surface area contributed by atoms with Gasteiger partial charge in [-0.1, -0.05) is 13.0 Å². The largest absolute Gasteiger partial charge is 0.458 e. The van der Waals surface area contributed by atoms with Crippen LogP contribution in [-0.4, -0.2) is 12.1 Å². The summed E-state index contributed by atoms with van der Waals surface area (Å²) >= 11 is 0. The van der Waals surface area contributed by atoms with Crippen LogP contribution in [0.4, 0.5) is 0 Å². The van der Waals surface area contributed by atoms with Gasteiger partial charge in [0.15, 0.2) is 0 Å². The molecule has 0 saturated heterocycles. The van der Waals surface area contributed by atoms with Crippen LogP contribution in [0.3, 0.4) is 0 Å². The molecule has 0 heterocycles. The van der Waals surface area contributed by atoms with E-state index in [0.717, 1.165) is 19.3 Å². The summed E-state index contributed by atoms with van der Waals surface area (Å²) < 4.78 is 5.26. The van der Waals surface area contributed by atoms with E-state index in [4.69, 9.17) is 4.74 Å². The molecule has 0 aromatic heterocycles. The normalized spacial score (nSPS) is 22.2.